The molecule has 0 bridgehead atoms. The Morgan fingerprint density at radius 2 is 1.68 bits per heavy atom. The molecule has 0 aliphatic rings. The molecule has 0 saturated carbocycles. The highest BCUT2D eigenvalue weighted by molar-refractivity contribution is 5.81. The van der Waals surface area contributed by atoms with Gasteiger partial charge in [0.25, 0.3) is 0 Å². The summed E-state index contributed by atoms with van der Waals surface area (Å²) in [4.78, 5) is 12.1. The van der Waals surface area contributed by atoms with Gasteiger partial charge in [0.05, 0.1) is 12.1 Å². The number of ether oxygens (including phenoxy) is 1. The molecule has 3 N–H and O–H groups in total. The lowest BCUT2D eigenvalue weighted by Gasteiger charge is -2.18. The van der Waals surface area contributed by atoms with E-state index >= 15 is 0 Å². The molecule has 0 fully saturated rings. The minimum absolute atomic E-state index is 0.165. The van der Waals surface area contributed by atoms with Crippen LogP contribution in [0.1, 0.15) is 17.2 Å². The van der Waals surface area contributed by atoms with Crippen molar-refractivity contribution in [3.05, 3.63) is 71.8 Å². The average Bonchev–Trinajstić information content (AvgIpc) is 2.57. The first-order valence-electron chi connectivity index (χ1n) is 7.35. The summed E-state index contributed by atoms with van der Waals surface area (Å²) in [5.74, 6) is -0.165. The zero-order chi connectivity index (χ0) is 15.8. The molecule has 2 aromatic carbocycles. The number of amides is 1. The van der Waals surface area contributed by atoms with Crippen molar-refractivity contribution in [1.82, 2.24) is 5.32 Å². The van der Waals surface area contributed by atoms with Crippen molar-refractivity contribution in [3.63, 3.8) is 0 Å². The summed E-state index contributed by atoms with van der Waals surface area (Å²) in [5.41, 5.74) is 8.04. The maximum absolute atomic E-state index is 12.1. The molecule has 1 amide bonds. The lowest BCUT2D eigenvalue weighted by atomic mass is 10.1. The Labute approximate surface area is 131 Å². The van der Waals surface area contributed by atoms with Crippen LogP contribution in [0.5, 0.6) is 0 Å². The minimum Gasteiger partial charge on any atom is -0.375 e. The van der Waals surface area contributed by atoms with Gasteiger partial charge in [-0.2, -0.15) is 0 Å². The molecule has 1 unspecified atom stereocenters. The van der Waals surface area contributed by atoms with Crippen LogP contribution < -0.4 is 11.1 Å². The van der Waals surface area contributed by atoms with E-state index in [2.05, 4.69) is 5.32 Å². The van der Waals surface area contributed by atoms with E-state index in [4.69, 9.17) is 10.5 Å². The Hall–Kier alpha value is -2.17. The zero-order valence-electron chi connectivity index (χ0n) is 12.7. The molecule has 0 radical (unpaired) electrons. The molecule has 4 heteroatoms. The third-order valence-electron chi connectivity index (χ3n) is 3.55. The normalized spacial score (nSPS) is 13.4. The van der Waals surface area contributed by atoms with Crippen molar-refractivity contribution >= 4 is 5.91 Å². The molecule has 0 aromatic heterocycles. The SMILES string of the molecule is COC(CNC(=O)[C@@H](N)Cc1ccccc1)c1ccccc1. The lowest BCUT2D eigenvalue weighted by Crippen LogP contribution is -2.43. The van der Waals surface area contributed by atoms with Crippen molar-refractivity contribution in [1.29, 1.82) is 0 Å². The van der Waals surface area contributed by atoms with Crippen LogP contribution in [0.25, 0.3) is 0 Å². The van der Waals surface area contributed by atoms with E-state index in [9.17, 15) is 4.79 Å². The molecule has 116 valence electrons. The molecular formula is C18H22N2O2. The highest BCUT2D eigenvalue weighted by Crippen LogP contribution is 2.14. The maximum atomic E-state index is 12.1. The van der Waals surface area contributed by atoms with Gasteiger partial charge in [-0.25, -0.2) is 0 Å². The highest BCUT2D eigenvalue weighted by Gasteiger charge is 2.16. The Balaban J connectivity index is 1.86. The third kappa shape index (κ3) is 4.69. The van der Waals surface area contributed by atoms with Gasteiger partial charge in [0.1, 0.15) is 0 Å². The molecule has 0 aliphatic carbocycles. The van der Waals surface area contributed by atoms with Gasteiger partial charge in [-0.05, 0) is 17.5 Å². The average molecular weight is 298 g/mol. The topological polar surface area (TPSA) is 64.3 Å². The van der Waals surface area contributed by atoms with Crippen LogP contribution in [-0.4, -0.2) is 25.6 Å². The van der Waals surface area contributed by atoms with Crippen LogP contribution in [-0.2, 0) is 16.0 Å². The highest BCUT2D eigenvalue weighted by atomic mass is 16.5. The number of benzene rings is 2. The van der Waals surface area contributed by atoms with Crippen molar-refractivity contribution in [2.24, 2.45) is 5.73 Å². The third-order valence-corrected chi connectivity index (χ3v) is 3.55. The number of hydrogen-bond acceptors (Lipinski definition) is 3. The van der Waals surface area contributed by atoms with E-state index in [1.165, 1.54) is 0 Å². The summed E-state index contributed by atoms with van der Waals surface area (Å²) < 4.78 is 5.43. The fourth-order valence-corrected chi connectivity index (χ4v) is 2.29. The first-order valence-corrected chi connectivity index (χ1v) is 7.35. The van der Waals surface area contributed by atoms with Crippen LogP contribution in [0.15, 0.2) is 60.7 Å². The van der Waals surface area contributed by atoms with E-state index in [0.29, 0.717) is 13.0 Å². The number of carbonyl (C=O) groups excluding carboxylic acids is 1. The largest absolute Gasteiger partial charge is 0.375 e. The predicted octanol–water partition coefficient (Wildman–Crippen LogP) is 2.06. The zero-order valence-corrected chi connectivity index (χ0v) is 12.7. The molecule has 2 atom stereocenters. The quantitative estimate of drug-likeness (QED) is 0.822. The molecule has 0 aliphatic heterocycles. The molecular weight excluding hydrogens is 276 g/mol. The van der Waals surface area contributed by atoms with Gasteiger partial charge in [-0.1, -0.05) is 60.7 Å². The van der Waals surface area contributed by atoms with E-state index in [-0.39, 0.29) is 12.0 Å². The van der Waals surface area contributed by atoms with E-state index in [1.54, 1.807) is 7.11 Å². The lowest BCUT2D eigenvalue weighted by molar-refractivity contribution is -0.122. The number of nitrogens with two attached hydrogens (primary N) is 1. The first-order chi connectivity index (χ1) is 10.7. The van der Waals surface area contributed by atoms with Gasteiger partial charge in [0.2, 0.25) is 5.91 Å². The summed E-state index contributed by atoms with van der Waals surface area (Å²) in [6.45, 7) is 0.405. The summed E-state index contributed by atoms with van der Waals surface area (Å²) in [6, 6.07) is 19.0. The van der Waals surface area contributed by atoms with Crippen LogP contribution in [0.4, 0.5) is 0 Å². The van der Waals surface area contributed by atoms with Crippen LogP contribution >= 0.6 is 0 Å². The number of nitrogens with one attached hydrogen (secondary N) is 1. The van der Waals surface area contributed by atoms with Crippen molar-refractivity contribution in [2.45, 2.75) is 18.6 Å². The molecule has 4 nitrogen and oxygen atoms in total. The standard InChI is InChI=1S/C18H22N2O2/c1-22-17(15-10-6-3-7-11-15)13-20-18(21)16(19)12-14-8-4-2-5-9-14/h2-11,16-17H,12-13,19H2,1H3,(H,20,21)/t16-,17?/m0/s1. The van der Waals surface area contributed by atoms with Crippen LogP contribution in [0, 0.1) is 0 Å². The smallest absolute Gasteiger partial charge is 0.237 e. The first kappa shape index (κ1) is 16.2. The number of rotatable bonds is 7. The number of hydrogen-bond donors (Lipinski definition) is 2. The summed E-state index contributed by atoms with van der Waals surface area (Å²) in [7, 11) is 1.63. The Morgan fingerprint density at radius 1 is 1.09 bits per heavy atom. The summed E-state index contributed by atoms with van der Waals surface area (Å²) in [6.07, 6.45) is 0.351. The molecule has 2 aromatic rings. The Morgan fingerprint density at radius 3 is 2.27 bits per heavy atom. The second kappa shape index (κ2) is 8.32. The number of carbonyl (C=O) groups is 1. The monoisotopic (exact) mass is 298 g/mol. The van der Waals surface area contributed by atoms with E-state index in [1.807, 2.05) is 60.7 Å². The summed E-state index contributed by atoms with van der Waals surface area (Å²) in [5, 5.41) is 2.86. The maximum Gasteiger partial charge on any atom is 0.237 e. The van der Waals surface area contributed by atoms with Crippen LogP contribution in [0.2, 0.25) is 0 Å². The Bertz CT molecular complexity index is 572. The van der Waals surface area contributed by atoms with Crippen molar-refractivity contribution in [3.8, 4) is 0 Å². The van der Waals surface area contributed by atoms with Gasteiger partial charge in [0.15, 0.2) is 0 Å². The molecule has 0 heterocycles. The van der Waals surface area contributed by atoms with Gasteiger partial charge in [-0.15, -0.1) is 0 Å². The molecule has 2 rings (SSSR count). The second-order valence-electron chi connectivity index (χ2n) is 5.18. The van der Waals surface area contributed by atoms with E-state index in [0.717, 1.165) is 11.1 Å². The molecule has 0 saturated heterocycles. The predicted molar refractivity (Wildman–Crippen MR) is 87.3 cm³/mol. The fourth-order valence-electron chi connectivity index (χ4n) is 2.29. The molecule has 22 heavy (non-hydrogen) atoms. The Kier molecular flexibility index (Phi) is 6.13. The van der Waals surface area contributed by atoms with Gasteiger partial charge in [-0.3, -0.25) is 4.79 Å². The van der Waals surface area contributed by atoms with Gasteiger partial charge in [0, 0.05) is 13.7 Å². The van der Waals surface area contributed by atoms with E-state index < -0.39 is 6.04 Å². The van der Waals surface area contributed by atoms with Crippen LogP contribution in [0.3, 0.4) is 0 Å². The van der Waals surface area contributed by atoms with Crippen molar-refractivity contribution < 1.29 is 9.53 Å². The summed E-state index contributed by atoms with van der Waals surface area (Å²) >= 11 is 0. The molecule has 0 spiro atoms. The van der Waals surface area contributed by atoms with Gasteiger partial charge < -0.3 is 15.8 Å². The van der Waals surface area contributed by atoms with Crippen molar-refractivity contribution in [2.75, 3.05) is 13.7 Å². The minimum atomic E-state index is -0.560. The van der Waals surface area contributed by atoms with Gasteiger partial charge >= 0.3 is 0 Å². The fraction of sp³-hybridized carbons (Fsp3) is 0.278. The second-order valence-corrected chi connectivity index (χ2v) is 5.18. The number of methoxy groups -OCH3 is 1.